The van der Waals surface area contributed by atoms with E-state index >= 15 is 0 Å². The Kier molecular flexibility index (Phi) is 3.62. The van der Waals surface area contributed by atoms with E-state index in [2.05, 4.69) is 32.8 Å². The zero-order chi connectivity index (χ0) is 13.9. The standard InChI is InChI=1S/C18H18O/c1-5-14-11-12-15(18(2,3)4)13-17(14)19-16-9-7-6-8-10-16/h1,6-13H,2-4H3. The van der Waals surface area contributed by atoms with Gasteiger partial charge in [0.1, 0.15) is 11.5 Å². The molecule has 0 spiro atoms. The van der Waals surface area contributed by atoms with Crippen LogP contribution in [0, 0.1) is 12.3 Å². The van der Waals surface area contributed by atoms with Gasteiger partial charge in [0.25, 0.3) is 0 Å². The number of hydrogen-bond acceptors (Lipinski definition) is 1. The van der Waals surface area contributed by atoms with Crippen molar-refractivity contribution < 1.29 is 4.74 Å². The van der Waals surface area contributed by atoms with Crippen LogP contribution in [0.2, 0.25) is 0 Å². The fraction of sp³-hybridized carbons (Fsp3) is 0.222. The summed E-state index contributed by atoms with van der Waals surface area (Å²) in [5, 5.41) is 0. The van der Waals surface area contributed by atoms with Crippen molar-refractivity contribution in [2.24, 2.45) is 0 Å². The zero-order valence-corrected chi connectivity index (χ0v) is 11.6. The normalized spacial score (nSPS) is 10.8. The van der Waals surface area contributed by atoms with Crippen LogP contribution in [0.25, 0.3) is 0 Å². The van der Waals surface area contributed by atoms with Crippen molar-refractivity contribution in [3.8, 4) is 23.8 Å². The van der Waals surface area contributed by atoms with E-state index in [0.29, 0.717) is 0 Å². The SMILES string of the molecule is C#Cc1ccc(C(C)(C)C)cc1Oc1ccccc1. The third-order valence-corrected chi connectivity index (χ3v) is 2.97. The molecule has 0 amide bonds. The number of para-hydroxylation sites is 1. The molecule has 0 heterocycles. The van der Waals surface area contributed by atoms with E-state index < -0.39 is 0 Å². The van der Waals surface area contributed by atoms with E-state index in [4.69, 9.17) is 11.2 Å². The summed E-state index contributed by atoms with van der Waals surface area (Å²) >= 11 is 0. The van der Waals surface area contributed by atoms with Gasteiger partial charge in [-0.15, -0.1) is 6.42 Å². The minimum Gasteiger partial charge on any atom is -0.456 e. The minimum absolute atomic E-state index is 0.0714. The van der Waals surface area contributed by atoms with Crippen molar-refractivity contribution in [2.75, 3.05) is 0 Å². The van der Waals surface area contributed by atoms with E-state index in [1.54, 1.807) is 0 Å². The topological polar surface area (TPSA) is 9.23 Å². The molecule has 0 aliphatic rings. The van der Waals surface area contributed by atoms with Crippen LogP contribution < -0.4 is 4.74 Å². The molecule has 0 radical (unpaired) electrons. The molecule has 1 nitrogen and oxygen atoms in total. The van der Waals surface area contributed by atoms with Crippen molar-refractivity contribution in [1.29, 1.82) is 0 Å². The largest absolute Gasteiger partial charge is 0.456 e. The highest BCUT2D eigenvalue weighted by molar-refractivity contribution is 5.50. The van der Waals surface area contributed by atoms with Gasteiger partial charge < -0.3 is 4.74 Å². The lowest BCUT2D eigenvalue weighted by atomic mass is 9.86. The molecule has 1 heteroatoms. The summed E-state index contributed by atoms with van der Waals surface area (Å²) < 4.78 is 5.89. The summed E-state index contributed by atoms with van der Waals surface area (Å²) in [5.74, 6) is 4.20. The first kappa shape index (κ1) is 13.2. The van der Waals surface area contributed by atoms with Crippen LogP contribution in [0.3, 0.4) is 0 Å². The molecule has 2 rings (SSSR count). The molecule has 0 unspecified atom stereocenters. The van der Waals surface area contributed by atoms with Crippen LogP contribution in [0.1, 0.15) is 31.9 Å². The number of ether oxygens (including phenoxy) is 1. The Morgan fingerprint density at radius 3 is 2.26 bits per heavy atom. The lowest BCUT2D eigenvalue weighted by molar-refractivity contribution is 0.477. The average molecular weight is 250 g/mol. The maximum Gasteiger partial charge on any atom is 0.143 e. The van der Waals surface area contributed by atoms with Gasteiger partial charge in [0.15, 0.2) is 0 Å². The molecule has 0 aliphatic heterocycles. The predicted molar refractivity (Wildman–Crippen MR) is 79.6 cm³/mol. The maximum atomic E-state index is 5.89. The van der Waals surface area contributed by atoms with Crippen LogP contribution in [0.5, 0.6) is 11.5 Å². The first-order valence-electron chi connectivity index (χ1n) is 6.35. The minimum atomic E-state index is 0.0714. The van der Waals surface area contributed by atoms with Crippen molar-refractivity contribution in [1.82, 2.24) is 0 Å². The smallest absolute Gasteiger partial charge is 0.143 e. The molecule has 0 fully saturated rings. The summed E-state index contributed by atoms with van der Waals surface area (Å²) in [6, 6.07) is 15.7. The van der Waals surface area contributed by atoms with Crippen molar-refractivity contribution in [3.05, 3.63) is 59.7 Å². The molecular weight excluding hydrogens is 232 g/mol. The second kappa shape index (κ2) is 5.20. The molecule has 0 aliphatic carbocycles. The molecule has 0 aromatic heterocycles. The highest BCUT2D eigenvalue weighted by Crippen LogP contribution is 2.31. The third-order valence-electron chi connectivity index (χ3n) is 2.97. The highest BCUT2D eigenvalue weighted by atomic mass is 16.5. The molecule has 0 saturated carbocycles. The third kappa shape index (κ3) is 3.17. The molecular formula is C18H18O. The summed E-state index contributed by atoms with van der Waals surface area (Å²) in [6.45, 7) is 6.51. The van der Waals surface area contributed by atoms with E-state index in [9.17, 15) is 0 Å². The lowest BCUT2D eigenvalue weighted by Gasteiger charge is -2.20. The van der Waals surface area contributed by atoms with Gasteiger partial charge in [-0.3, -0.25) is 0 Å². The van der Waals surface area contributed by atoms with Gasteiger partial charge in [0.2, 0.25) is 0 Å². The Balaban J connectivity index is 2.41. The molecule has 96 valence electrons. The Morgan fingerprint density at radius 1 is 1.00 bits per heavy atom. The average Bonchev–Trinajstić information content (AvgIpc) is 2.39. The van der Waals surface area contributed by atoms with E-state index in [1.807, 2.05) is 42.5 Å². The molecule has 0 bridgehead atoms. The predicted octanol–water partition coefficient (Wildman–Crippen LogP) is 4.76. The zero-order valence-electron chi connectivity index (χ0n) is 11.6. The van der Waals surface area contributed by atoms with Crippen molar-refractivity contribution in [2.45, 2.75) is 26.2 Å². The second-order valence-corrected chi connectivity index (χ2v) is 5.52. The van der Waals surface area contributed by atoms with Gasteiger partial charge in [-0.1, -0.05) is 51.0 Å². The van der Waals surface area contributed by atoms with E-state index in [-0.39, 0.29) is 5.41 Å². The molecule has 0 saturated heterocycles. The van der Waals surface area contributed by atoms with Crippen LogP contribution in [0.4, 0.5) is 0 Å². The van der Waals surface area contributed by atoms with Crippen LogP contribution in [-0.4, -0.2) is 0 Å². The summed E-state index contributed by atoms with van der Waals surface area (Å²) in [4.78, 5) is 0. The number of benzene rings is 2. The Labute approximate surface area is 115 Å². The van der Waals surface area contributed by atoms with Gasteiger partial charge in [-0.2, -0.15) is 0 Å². The fourth-order valence-electron chi connectivity index (χ4n) is 1.81. The monoisotopic (exact) mass is 250 g/mol. The van der Waals surface area contributed by atoms with Crippen LogP contribution in [0.15, 0.2) is 48.5 Å². The van der Waals surface area contributed by atoms with Crippen LogP contribution >= 0.6 is 0 Å². The molecule has 2 aromatic carbocycles. The van der Waals surface area contributed by atoms with Crippen LogP contribution in [-0.2, 0) is 5.41 Å². The Hall–Kier alpha value is -2.20. The van der Waals surface area contributed by atoms with Gasteiger partial charge in [-0.05, 0) is 35.2 Å². The maximum absolute atomic E-state index is 5.89. The highest BCUT2D eigenvalue weighted by Gasteiger charge is 2.16. The van der Waals surface area contributed by atoms with Gasteiger partial charge in [0.05, 0.1) is 5.56 Å². The Bertz CT molecular complexity index is 598. The lowest BCUT2D eigenvalue weighted by Crippen LogP contribution is -2.11. The Morgan fingerprint density at radius 2 is 1.68 bits per heavy atom. The van der Waals surface area contributed by atoms with Gasteiger partial charge >= 0.3 is 0 Å². The molecule has 0 N–H and O–H groups in total. The first-order chi connectivity index (χ1) is 9.00. The van der Waals surface area contributed by atoms with E-state index in [0.717, 1.165) is 17.1 Å². The number of hydrogen-bond donors (Lipinski definition) is 0. The first-order valence-corrected chi connectivity index (χ1v) is 6.35. The van der Waals surface area contributed by atoms with E-state index in [1.165, 1.54) is 5.56 Å². The quantitative estimate of drug-likeness (QED) is 0.698. The van der Waals surface area contributed by atoms with Crippen molar-refractivity contribution >= 4 is 0 Å². The number of terminal acetylenes is 1. The molecule has 19 heavy (non-hydrogen) atoms. The van der Waals surface area contributed by atoms with Gasteiger partial charge in [0, 0.05) is 0 Å². The second-order valence-electron chi connectivity index (χ2n) is 5.52. The molecule has 2 aromatic rings. The number of rotatable bonds is 2. The van der Waals surface area contributed by atoms with Gasteiger partial charge in [-0.25, -0.2) is 0 Å². The molecule has 0 atom stereocenters. The summed E-state index contributed by atoms with van der Waals surface area (Å²) in [7, 11) is 0. The summed E-state index contributed by atoms with van der Waals surface area (Å²) in [6.07, 6.45) is 5.53. The fourth-order valence-corrected chi connectivity index (χ4v) is 1.81. The summed E-state index contributed by atoms with van der Waals surface area (Å²) in [5.41, 5.74) is 2.05. The van der Waals surface area contributed by atoms with Crippen molar-refractivity contribution in [3.63, 3.8) is 0 Å².